The molecule has 0 spiro atoms. The Bertz CT molecular complexity index is 864. The van der Waals surface area contributed by atoms with Crippen molar-refractivity contribution in [2.45, 2.75) is 193 Å². The van der Waals surface area contributed by atoms with Gasteiger partial charge in [0.15, 0.2) is 0 Å². The summed E-state index contributed by atoms with van der Waals surface area (Å²) >= 11 is 0. The minimum atomic E-state index is -0.507. The van der Waals surface area contributed by atoms with Crippen LogP contribution in [-0.4, -0.2) is 50.3 Å². The Balaban J connectivity index is 4.71. The maximum atomic E-state index is 12.7. The molecule has 8 heteroatoms. The molecule has 288 valence electrons. The minimum absolute atomic E-state index is 0.139. The highest BCUT2D eigenvalue weighted by Gasteiger charge is 2.14. The molecule has 0 bridgehead atoms. The molecule has 0 aliphatic rings. The summed E-state index contributed by atoms with van der Waals surface area (Å²) < 4.78 is 20.9. The van der Waals surface area contributed by atoms with Crippen molar-refractivity contribution in [3.63, 3.8) is 0 Å². The molecule has 0 radical (unpaired) electrons. The minimum Gasteiger partial charge on any atom is -0.469 e. The fourth-order valence-electron chi connectivity index (χ4n) is 5.65. The molecule has 0 heterocycles. The van der Waals surface area contributed by atoms with Gasteiger partial charge in [-0.2, -0.15) is 0 Å². The molecule has 0 fully saturated rings. The van der Waals surface area contributed by atoms with Gasteiger partial charge in [-0.1, -0.05) is 115 Å². The van der Waals surface area contributed by atoms with E-state index in [-0.39, 0.29) is 24.1 Å². The normalized spacial score (nSPS) is 12.8. The molecule has 0 saturated heterocycles. The van der Waals surface area contributed by atoms with Crippen LogP contribution < -0.4 is 0 Å². The Labute approximate surface area is 305 Å². The first-order valence-electron chi connectivity index (χ1n) is 19.9. The number of carbonyl (C=O) groups is 4. The largest absolute Gasteiger partial charge is 0.469 e. The lowest BCUT2D eigenvalue weighted by Crippen LogP contribution is -2.18. The molecule has 0 amide bonds. The molecule has 0 unspecified atom stereocenters. The Morgan fingerprint density at radius 1 is 0.460 bits per heavy atom. The summed E-state index contributed by atoms with van der Waals surface area (Å²) in [7, 11) is 2.85. The first kappa shape index (κ1) is 47.1. The van der Waals surface area contributed by atoms with Gasteiger partial charge in [0.25, 0.3) is 0 Å². The van der Waals surface area contributed by atoms with Crippen LogP contribution in [-0.2, 0) is 38.1 Å². The van der Waals surface area contributed by atoms with Crippen molar-refractivity contribution in [3.05, 3.63) is 36.5 Å². The van der Waals surface area contributed by atoms with E-state index in [1.54, 1.807) is 0 Å². The molecular weight excluding hydrogens is 632 g/mol. The van der Waals surface area contributed by atoms with Gasteiger partial charge in [0.1, 0.15) is 12.2 Å². The zero-order valence-electron chi connectivity index (χ0n) is 32.3. The van der Waals surface area contributed by atoms with Crippen molar-refractivity contribution < 1.29 is 38.1 Å². The number of methoxy groups -OCH3 is 2. The lowest BCUT2D eigenvalue weighted by Gasteiger charge is -2.16. The number of hydrogen-bond donors (Lipinski definition) is 0. The van der Waals surface area contributed by atoms with Gasteiger partial charge >= 0.3 is 23.9 Å². The van der Waals surface area contributed by atoms with Gasteiger partial charge in [-0.05, 0) is 64.2 Å². The van der Waals surface area contributed by atoms with E-state index >= 15 is 0 Å². The van der Waals surface area contributed by atoms with E-state index in [1.165, 1.54) is 26.4 Å². The topological polar surface area (TPSA) is 105 Å². The first-order valence-corrected chi connectivity index (χ1v) is 19.9. The highest BCUT2D eigenvalue weighted by atomic mass is 16.6. The number of ether oxygens (including phenoxy) is 4. The summed E-state index contributed by atoms with van der Waals surface area (Å²) in [6, 6.07) is 0. The van der Waals surface area contributed by atoms with Gasteiger partial charge in [-0.25, -0.2) is 9.59 Å². The van der Waals surface area contributed by atoms with E-state index in [4.69, 9.17) is 9.47 Å². The number of carbonyl (C=O) groups excluding carboxylic acids is 4. The third kappa shape index (κ3) is 32.3. The second-order valence-corrected chi connectivity index (χ2v) is 13.3. The molecular formula is C42H72O8. The number of unbranched alkanes of at least 4 members (excludes halogenated alkanes) is 16. The van der Waals surface area contributed by atoms with Crippen LogP contribution in [0.3, 0.4) is 0 Å². The SMILES string of the molecule is CCCCCC[C@H](C/C=C\CCCCCCCC(=O)OC)OC(=O)/C=C\C(=O)O[C@@H](C/C=C\CCCCCCCC(=O)OC)CCCCCC. The average molecular weight is 705 g/mol. The molecule has 0 aromatic rings. The molecule has 0 N–H and O–H groups in total. The molecule has 0 rings (SSSR count). The second-order valence-electron chi connectivity index (χ2n) is 13.3. The van der Waals surface area contributed by atoms with Gasteiger partial charge in [0.05, 0.1) is 14.2 Å². The maximum absolute atomic E-state index is 12.7. The monoisotopic (exact) mass is 705 g/mol. The Morgan fingerprint density at radius 2 is 0.820 bits per heavy atom. The van der Waals surface area contributed by atoms with Crippen LogP contribution in [0, 0.1) is 0 Å². The van der Waals surface area contributed by atoms with Gasteiger partial charge in [0.2, 0.25) is 0 Å². The molecule has 0 aliphatic heterocycles. The summed E-state index contributed by atoms with van der Waals surface area (Å²) in [5.41, 5.74) is 0. The Morgan fingerprint density at radius 3 is 1.20 bits per heavy atom. The van der Waals surface area contributed by atoms with Crippen molar-refractivity contribution in [3.8, 4) is 0 Å². The van der Waals surface area contributed by atoms with Crippen LogP contribution in [0.2, 0.25) is 0 Å². The first-order chi connectivity index (χ1) is 24.4. The quantitative estimate of drug-likeness (QED) is 0.0214. The molecule has 8 nitrogen and oxygen atoms in total. The van der Waals surface area contributed by atoms with Crippen LogP contribution in [0.4, 0.5) is 0 Å². The average Bonchev–Trinajstić information content (AvgIpc) is 3.11. The van der Waals surface area contributed by atoms with Gasteiger partial charge in [-0.3, -0.25) is 9.59 Å². The molecule has 0 aromatic carbocycles. The van der Waals surface area contributed by atoms with E-state index in [2.05, 4.69) is 47.6 Å². The fourth-order valence-corrected chi connectivity index (χ4v) is 5.65. The predicted molar refractivity (Wildman–Crippen MR) is 203 cm³/mol. The van der Waals surface area contributed by atoms with Crippen LogP contribution in [0.1, 0.15) is 181 Å². The van der Waals surface area contributed by atoms with Gasteiger partial charge in [-0.15, -0.1) is 0 Å². The number of hydrogen-bond acceptors (Lipinski definition) is 8. The van der Waals surface area contributed by atoms with E-state index in [9.17, 15) is 19.2 Å². The van der Waals surface area contributed by atoms with E-state index in [0.717, 1.165) is 141 Å². The smallest absolute Gasteiger partial charge is 0.331 e. The van der Waals surface area contributed by atoms with Crippen molar-refractivity contribution >= 4 is 23.9 Å². The van der Waals surface area contributed by atoms with E-state index < -0.39 is 11.9 Å². The zero-order valence-corrected chi connectivity index (χ0v) is 32.3. The van der Waals surface area contributed by atoms with E-state index in [0.29, 0.717) is 25.7 Å². The number of rotatable bonds is 34. The summed E-state index contributed by atoms with van der Waals surface area (Å²) in [6.45, 7) is 4.35. The van der Waals surface area contributed by atoms with Gasteiger partial charge in [0, 0.05) is 37.8 Å². The maximum Gasteiger partial charge on any atom is 0.331 e. The van der Waals surface area contributed by atoms with E-state index in [1.807, 2.05) is 0 Å². The molecule has 0 aromatic heterocycles. The van der Waals surface area contributed by atoms with Crippen LogP contribution in [0.15, 0.2) is 36.5 Å². The standard InChI is InChI=1S/C42H72O8/c1-5-7-9-23-29-37(31-25-19-15-11-13-17-21-27-33-39(43)47-3)49-41(45)35-36-42(46)50-38(30-24-10-8-6-2)32-26-20-16-12-14-18-22-28-34-40(44)48-4/h19-20,25-26,35-38H,5-18,21-24,27-34H2,1-4H3/b25-19-,26-20-,36-35-/t37-,38-/m1/s1. The highest BCUT2D eigenvalue weighted by molar-refractivity contribution is 5.91. The molecule has 0 aliphatic carbocycles. The Hall–Kier alpha value is -2.90. The van der Waals surface area contributed by atoms with Crippen LogP contribution in [0.25, 0.3) is 0 Å². The molecule has 2 atom stereocenters. The molecule has 0 saturated carbocycles. The van der Waals surface area contributed by atoms with Crippen molar-refractivity contribution in [1.29, 1.82) is 0 Å². The zero-order chi connectivity index (χ0) is 36.9. The second kappa shape index (κ2) is 35.9. The lowest BCUT2D eigenvalue weighted by molar-refractivity contribution is -0.146. The van der Waals surface area contributed by atoms with Crippen LogP contribution >= 0.6 is 0 Å². The van der Waals surface area contributed by atoms with Crippen molar-refractivity contribution in [2.24, 2.45) is 0 Å². The third-order valence-corrected chi connectivity index (χ3v) is 8.77. The van der Waals surface area contributed by atoms with Gasteiger partial charge < -0.3 is 18.9 Å². The summed E-state index contributed by atoms with van der Waals surface area (Å²) in [4.78, 5) is 47.8. The van der Waals surface area contributed by atoms with Crippen LogP contribution in [0.5, 0.6) is 0 Å². The third-order valence-electron chi connectivity index (χ3n) is 8.77. The number of esters is 4. The number of allylic oxidation sites excluding steroid dienone is 2. The Kier molecular flexibility index (Phi) is 33.8. The summed E-state index contributed by atoms with van der Waals surface area (Å²) in [6.07, 6.45) is 35.7. The lowest BCUT2D eigenvalue weighted by atomic mass is 10.1. The summed E-state index contributed by atoms with van der Waals surface area (Å²) in [5.74, 6) is -1.29. The highest BCUT2D eigenvalue weighted by Crippen LogP contribution is 2.16. The molecule has 50 heavy (non-hydrogen) atoms. The predicted octanol–water partition coefficient (Wildman–Crippen LogP) is 11.0. The van der Waals surface area contributed by atoms with Crippen molar-refractivity contribution in [1.82, 2.24) is 0 Å². The van der Waals surface area contributed by atoms with Crippen molar-refractivity contribution in [2.75, 3.05) is 14.2 Å². The fraction of sp³-hybridized carbons (Fsp3) is 0.762. The summed E-state index contributed by atoms with van der Waals surface area (Å²) in [5, 5.41) is 0.